The summed E-state index contributed by atoms with van der Waals surface area (Å²) in [6.07, 6.45) is 3.68. The van der Waals surface area contributed by atoms with Gasteiger partial charge in [-0.1, -0.05) is 97.1 Å². The second kappa shape index (κ2) is 11.9. The van der Waals surface area contributed by atoms with Crippen LogP contribution in [-0.2, 0) is 0 Å². The lowest BCUT2D eigenvalue weighted by Gasteiger charge is -2.15. The summed E-state index contributed by atoms with van der Waals surface area (Å²) in [6.45, 7) is 0. The SMILES string of the molecule is c1ccc(-c2nc(-c3cc(-c4cccc5ncccc45)cc(-c4cccc5ncccc45)c3)cc(-c3cccc4c3oc3ccccc34)n2)cc1. The molecule has 10 rings (SSSR count). The third kappa shape index (κ3) is 5.03. The summed E-state index contributed by atoms with van der Waals surface area (Å²) in [5, 5.41) is 4.32. The third-order valence-electron chi connectivity index (χ3n) is 9.58. The van der Waals surface area contributed by atoms with Gasteiger partial charge in [-0.3, -0.25) is 9.97 Å². The van der Waals surface area contributed by atoms with Crippen LogP contribution < -0.4 is 0 Å². The average molecular weight is 653 g/mol. The Morgan fingerprint density at radius 1 is 0.373 bits per heavy atom. The van der Waals surface area contributed by atoms with Gasteiger partial charge in [0, 0.05) is 50.6 Å². The summed E-state index contributed by atoms with van der Waals surface area (Å²) < 4.78 is 6.49. The fourth-order valence-corrected chi connectivity index (χ4v) is 7.19. The smallest absolute Gasteiger partial charge is 0.160 e. The zero-order valence-electron chi connectivity index (χ0n) is 27.4. The van der Waals surface area contributed by atoms with Crippen molar-refractivity contribution in [3.05, 3.63) is 170 Å². The molecule has 0 spiro atoms. The number of pyridine rings is 2. The maximum absolute atomic E-state index is 6.49. The normalized spacial score (nSPS) is 11.5. The summed E-state index contributed by atoms with van der Waals surface area (Å²) in [5.74, 6) is 0.645. The van der Waals surface area contributed by atoms with Crippen LogP contribution in [0.25, 0.3) is 99.9 Å². The van der Waals surface area contributed by atoms with Crippen LogP contribution in [0.3, 0.4) is 0 Å². The number of rotatable bonds is 5. The molecular weight excluding hydrogens is 625 g/mol. The molecule has 6 aromatic carbocycles. The number of aromatic nitrogens is 4. The van der Waals surface area contributed by atoms with Crippen LogP contribution in [0.2, 0.25) is 0 Å². The number of furan rings is 1. The maximum Gasteiger partial charge on any atom is 0.160 e. The van der Waals surface area contributed by atoms with Gasteiger partial charge in [-0.2, -0.15) is 0 Å². The standard InChI is InChI=1S/C46H28N4O/c1-2-11-29(12-3-1)46-49-42(28-43(50-46)39-17-6-16-38-37-13-4-5-22-44(37)51-45(38)39)32-26-30(33-14-7-20-40-35(33)18-9-23-47-40)25-31(27-32)34-15-8-21-41-36(34)19-10-24-48-41/h1-28H. The highest BCUT2D eigenvalue weighted by molar-refractivity contribution is 6.09. The van der Waals surface area contributed by atoms with Gasteiger partial charge in [0.2, 0.25) is 0 Å². The lowest BCUT2D eigenvalue weighted by molar-refractivity contribution is 0.670. The van der Waals surface area contributed by atoms with Crippen LogP contribution in [0.1, 0.15) is 0 Å². The monoisotopic (exact) mass is 652 g/mol. The number of para-hydroxylation sites is 2. The quantitative estimate of drug-likeness (QED) is 0.185. The van der Waals surface area contributed by atoms with Gasteiger partial charge in [-0.25, -0.2) is 9.97 Å². The predicted molar refractivity (Wildman–Crippen MR) is 207 cm³/mol. The number of nitrogens with zero attached hydrogens (tertiary/aromatic N) is 4. The molecule has 0 N–H and O–H groups in total. The molecule has 0 unspecified atom stereocenters. The predicted octanol–water partition coefficient (Wildman–Crippen LogP) is 11.8. The minimum absolute atomic E-state index is 0.645. The Bertz CT molecular complexity index is 2820. The zero-order valence-corrected chi connectivity index (χ0v) is 27.4. The van der Waals surface area contributed by atoms with Crippen molar-refractivity contribution in [1.82, 2.24) is 19.9 Å². The van der Waals surface area contributed by atoms with E-state index in [1.165, 1.54) is 0 Å². The van der Waals surface area contributed by atoms with Crippen LogP contribution in [0.5, 0.6) is 0 Å². The number of hydrogen-bond acceptors (Lipinski definition) is 5. The first-order valence-corrected chi connectivity index (χ1v) is 17.0. The number of fused-ring (bicyclic) bond motifs is 5. The molecule has 51 heavy (non-hydrogen) atoms. The van der Waals surface area contributed by atoms with Crippen molar-refractivity contribution in [3.63, 3.8) is 0 Å². The molecule has 0 radical (unpaired) electrons. The van der Waals surface area contributed by atoms with Crippen molar-refractivity contribution in [2.24, 2.45) is 0 Å². The lowest BCUT2D eigenvalue weighted by atomic mass is 9.91. The maximum atomic E-state index is 6.49. The van der Waals surface area contributed by atoms with E-state index in [2.05, 4.69) is 119 Å². The van der Waals surface area contributed by atoms with Crippen LogP contribution in [0.15, 0.2) is 175 Å². The Morgan fingerprint density at radius 3 is 1.67 bits per heavy atom. The van der Waals surface area contributed by atoms with E-state index < -0.39 is 0 Å². The first-order valence-electron chi connectivity index (χ1n) is 17.0. The van der Waals surface area contributed by atoms with Crippen molar-refractivity contribution in [3.8, 4) is 56.2 Å². The van der Waals surface area contributed by atoms with E-state index in [0.29, 0.717) is 5.82 Å². The molecule has 0 atom stereocenters. The van der Waals surface area contributed by atoms with E-state index in [0.717, 1.165) is 94.1 Å². The molecule has 0 aliphatic rings. The van der Waals surface area contributed by atoms with Crippen LogP contribution in [-0.4, -0.2) is 19.9 Å². The van der Waals surface area contributed by atoms with Gasteiger partial charge in [0.25, 0.3) is 0 Å². The van der Waals surface area contributed by atoms with E-state index in [4.69, 9.17) is 14.4 Å². The highest BCUT2D eigenvalue weighted by Crippen LogP contribution is 2.40. The molecule has 4 heterocycles. The molecular formula is C46H28N4O. The fourth-order valence-electron chi connectivity index (χ4n) is 7.19. The lowest BCUT2D eigenvalue weighted by Crippen LogP contribution is -1.97. The molecule has 0 saturated carbocycles. The van der Waals surface area contributed by atoms with E-state index in [1.54, 1.807) is 0 Å². The summed E-state index contributed by atoms with van der Waals surface area (Å²) in [6, 6.07) is 54.3. The molecule has 5 nitrogen and oxygen atoms in total. The van der Waals surface area contributed by atoms with Gasteiger partial charge in [0.1, 0.15) is 11.2 Å². The molecule has 0 amide bonds. The molecule has 0 fully saturated rings. The van der Waals surface area contributed by atoms with Gasteiger partial charge < -0.3 is 4.42 Å². The zero-order chi connectivity index (χ0) is 33.7. The van der Waals surface area contributed by atoms with E-state index in [9.17, 15) is 0 Å². The van der Waals surface area contributed by atoms with Gasteiger partial charge in [0.05, 0.1) is 22.4 Å². The minimum atomic E-state index is 0.645. The molecule has 0 saturated heterocycles. The van der Waals surface area contributed by atoms with Crippen molar-refractivity contribution in [1.29, 1.82) is 0 Å². The summed E-state index contributed by atoms with van der Waals surface area (Å²) in [7, 11) is 0. The third-order valence-corrected chi connectivity index (χ3v) is 9.58. The average Bonchev–Trinajstić information content (AvgIpc) is 3.59. The Labute approximate surface area is 293 Å². The molecule has 4 aromatic heterocycles. The Kier molecular flexibility index (Phi) is 6.74. The number of hydrogen-bond donors (Lipinski definition) is 0. The summed E-state index contributed by atoms with van der Waals surface area (Å²) in [4.78, 5) is 19.8. The van der Waals surface area contributed by atoms with Crippen molar-refractivity contribution in [2.45, 2.75) is 0 Å². The topological polar surface area (TPSA) is 64.7 Å². The van der Waals surface area contributed by atoms with E-state index in [-0.39, 0.29) is 0 Å². The Hall–Kier alpha value is -6.98. The van der Waals surface area contributed by atoms with Crippen LogP contribution in [0, 0.1) is 0 Å². The Balaban J connectivity index is 1.26. The van der Waals surface area contributed by atoms with E-state index >= 15 is 0 Å². The largest absolute Gasteiger partial charge is 0.455 e. The second-order valence-electron chi connectivity index (χ2n) is 12.7. The molecule has 0 aliphatic carbocycles. The van der Waals surface area contributed by atoms with Crippen molar-refractivity contribution < 1.29 is 4.42 Å². The minimum Gasteiger partial charge on any atom is -0.455 e. The molecule has 0 aliphatic heterocycles. The molecule has 238 valence electrons. The first kappa shape index (κ1) is 29.0. The number of benzene rings is 6. The summed E-state index contributed by atoms with van der Waals surface area (Å²) in [5.41, 5.74) is 12.3. The first-order chi connectivity index (χ1) is 25.3. The van der Waals surface area contributed by atoms with Crippen LogP contribution in [0.4, 0.5) is 0 Å². The van der Waals surface area contributed by atoms with Crippen molar-refractivity contribution in [2.75, 3.05) is 0 Å². The highest BCUT2D eigenvalue weighted by Gasteiger charge is 2.18. The van der Waals surface area contributed by atoms with Gasteiger partial charge >= 0.3 is 0 Å². The van der Waals surface area contributed by atoms with Crippen LogP contribution >= 0.6 is 0 Å². The molecule has 10 aromatic rings. The van der Waals surface area contributed by atoms with Gasteiger partial charge in [0.15, 0.2) is 5.82 Å². The fraction of sp³-hybridized carbons (Fsp3) is 0. The van der Waals surface area contributed by atoms with Crippen molar-refractivity contribution >= 4 is 43.7 Å². The highest BCUT2D eigenvalue weighted by atomic mass is 16.3. The second-order valence-corrected chi connectivity index (χ2v) is 12.7. The molecule has 5 heteroatoms. The van der Waals surface area contributed by atoms with E-state index in [1.807, 2.05) is 60.9 Å². The molecule has 0 bridgehead atoms. The van der Waals surface area contributed by atoms with Gasteiger partial charge in [-0.15, -0.1) is 0 Å². The van der Waals surface area contributed by atoms with Gasteiger partial charge in [-0.05, 0) is 82.9 Å². The summed E-state index contributed by atoms with van der Waals surface area (Å²) >= 11 is 0. The Morgan fingerprint density at radius 2 is 0.941 bits per heavy atom.